The number of ether oxygens (including phenoxy) is 1. The number of piperazine rings is 1. The van der Waals surface area contributed by atoms with Gasteiger partial charge in [-0.15, -0.1) is 0 Å². The van der Waals surface area contributed by atoms with Gasteiger partial charge in [-0.3, -0.25) is 9.69 Å². The zero-order valence-electron chi connectivity index (χ0n) is 18.2. The standard InChI is InChI=1S/C22H28ClN3O4S/c1-15-5-7-18(8-6-15)31(28,29)26-11-9-25(10-12-26)17(3)22(27)24-20-13-16(2)19(23)14-21(20)30-4/h5-8,13-14,17H,9-12H2,1-4H3,(H,24,27)/t17-/m1/s1. The fourth-order valence-electron chi connectivity index (χ4n) is 3.52. The highest BCUT2D eigenvalue weighted by molar-refractivity contribution is 7.89. The van der Waals surface area contributed by atoms with E-state index in [2.05, 4.69) is 5.32 Å². The number of halogens is 1. The minimum atomic E-state index is -3.54. The maximum atomic E-state index is 12.9. The number of carbonyl (C=O) groups excluding carboxylic acids is 1. The lowest BCUT2D eigenvalue weighted by atomic mass is 10.1. The molecule has 1 aliphatic heterocycles. The van der Waals surface area contributed by atoms with Crippen LogP contribution < -0.4 is 10.1 Å². The molecule has 0 bridgehead atoms. The van der Waals surface area contributed by atoms with E-state index in [0.29, 0.717) is 47.5 Å². The van der Waals surface area contributed by atoms with E-state index in [9.17, 15) is 13.2 Å². The van der Waals surface area contributed by atoms with Crippen LogP contribution in [0, 0.1) is 13.8 Å². The number of hydrogen-bond acceptors (Lipinski definition) is 5. The Balaban J connectivity index is 1.63. The van der Waals surface area contributed by atoms with E-state index in [1.54, 1.807) is 36.4 Å². The number of methoxy groups -OCH3 is 1. The van der Waals surface area contributed by atoms with Crippen molar-refractivity contribution in [2.24, 2.45) is 0 Å². The molecule has 1 saturated heterocycles. The lowest BCUT2D eigenvalue weighted by Crippen LogP contribution is -2.53. The lowest BCUT2D eigenvalue weighted by Gasteiger charge is -2.36. The number of anilines is 1. The fraction of sp³-hybridized carbons (Fsp3) is 0.409. The first-order chi connectivity index (χ1) is 14.6. The van der Waals surface area contributed by atoms with Crippen LogP contribution in [0.3, 0.4) is 0 Å². The summed E-state index contributed by atoms with van der Waals surface area (Å²) in [6.07, 6.45) is 0. The molecule has 7 nitrogen and oxygen atoms in total. The van der Waals surface area contributed by atoms with Crippen LogP contribution in [-0.2, 0) is 14.8 Å². The predicted octanol–water partition coefficient (Wildman–Crippen LogP) is 3.30. The van der Waals surface area contributed by atoms with Crippen molar-refractivity contribution < 1.29 is 17.9 Å². The Bertz CT molecular complexity index is 1050. The van der Waals surface area contributed by atoms with Crippen molar-refractivity contribution in [3.63, 3.8) is 0 Å². The average molecular weight is 466 g/mol. The monoisotopic (exact) mass is 465 g/mol. The Kier molecular flexibility index (Phi) is 7.26. The number of aryl methyl sites for hydroxylation is 2. The van der Waals surface area contributed by atoms with Gasteiger partial charge in [-0.05, 0) is 44.5 Å². The summed E-state index contributed by atoms with van der Waals surface area (Å²) in [5, 5.41) is 3.47. The van der Waals surface area contributed by atoms with Crippen molar-refractivity contribution in [1.82, 2.24) is 9.21 Å². The number of nitrogens with zero attached hydrogens (tertiary/aromatic N) is 2. The summed E-state index contributed by atoms with van der Waals surface area (Å²) in [4.78, 5) is 15.1. The Morgan fingerprint density at radius 3 is 2.29 bits per heavy atom. The Morgan fingerprint density at radius 2 is 1.71 bits per heavy atom. The van der Waals surface area contributed by atoms with Crippen molar-refractivity contribution in [2.75, 3.05) is 38.6 Å². The SMILES string of the molecule is COc1cc(Cl)c(C)cc1NC(=O)[C@@H](C)N1CCN(S(=O)(=O)c2ccc(C)cc2)CC1. The number of rotatable bonds is 6. The maximum Gasteiger partial charge on any atom is 0.243 e. The van der Waals surface area contributed by atoms with Gasteiger partial charge >= 0.3 is 0 Å². The molecule has 0 saturated carbocycles. The predicted molar refractivity (Wildman–Crippen MR) is 122 cm³/mol. The molecule has 0 unspecified atom stereocenters. The topological polar surface area (TPSA) is 79.0 Å². The molecule has 2 aromatic rings. The van der Waals surface area contributed by atoms with Gasteiger partial charge in [-0.25, -0.2) is 8.42 Å². The first-order valence-electron chi connectivity index (χ1n) is 10.1. The number of benzene rings is 2. The molecule has 3 rings (SSSR count). The molecular weight excluding hydrogens is 438 g/mol. The third-order valence-electron chi connectivity index (χ3n) is 5.60. The van der Waals surface area contributed by atoms with Crippen LogP contribution in [-0.4, -0.2) is 62.9 Å². The van der Waals surface area contributed by atoms with Crippen LogP contribution in [0.4, 0.5) is 5.69 Å². The van der Waals surface area contributed by atoms with Crippen molar-refractivity contribution in [1.29, 1.82) is 0 Å². The fourth-order valence-corrected chi connectivity index (χ4v) is 5.10. The number of amides is 1. The van der Waals surface area contributed by atoms with Gasteiger partial charge in [0.2, 0.25) is 15.9 Å². The van der Waals surface area contributed by atoms with Crippen LogP contribution in [0.15, 0.2) is 41.3 Å². The molecule has 31 heavy (non-hydrogen) atoms. The first kappa shape index (κ1) is 23.5. The number of nitrogens with one attached hydrogen (secondary N) is 1. The highest BCUT2D eigenvalue weighted by Gasteiger charge is 2.32. The molecule has 0 radical (unpaired) electrons. The summed E-state index contributed by atoms with van der Waals surface area (Å²) >= 11 is 6.13. The van der Waals surface area contributed by atoms with Gasteiger partial charge in [0.25, 0.3) is 0 Å². The van der Waals surface area contributed by atoms with E-state index in [1.165, 1.54) is 11.4 Å². The zero-order chi connectivity index (χ0) is 22.8. The van der Waals surface area contributed by atoms with Gasteiger partial charge in [0.15, 0.2) is 0 Å². The Hall–Kier alpha value is -2.13. The van der Waals surface area contributed by atoms with Crippen molar-refractivity contribution in [2.45, 2.75) is 31.7 Å². The van der Waals surface area contributed by atoms with Gasteiger partial charge in [0.05, 0.1) is 23.7 Å². The summed E-state index contributed by atoms with van der Waals surface area (Å²) in [5.41, 5.74) is 2.40. The van der Waals surface area contributed by atoms with Crippen molar-refractivity contribution in [3.8, 4) is 5.75 Å². The minimum Gasteiger partial charge on any atom is -0.495 e. The molecule has 1 heterocycles. The second-order valence-corrected chi connectivity index (χ2v) is 10.1. The largest absolute Gasteiger partial charge is 0.495 e. The van der Waals surface area contributed by atoms with Crippen LogP contribution in [0.2, 0.25) is 5.02 Å². The molecule has 168 valence electrons. The summed E-state index contributed by atoms with van der Waals surface area (Å²) in [7, 11) is -2.02. The number of carbonyl (C=O) groups is 1. The van der Waals surface area contributed by atoms with Crippen molar-refractivity contribution >= 4 is 33.2 Å². The van der Waals surface area contributed by atoms with E-state index in [4.69, 9.17) is 16.3 Å². The molecule has 1 aliphatic rings. The van der Waals surface area contributed by atoms with E-state index in [0.717, 1.165) is 11.1 Å². The molecule has 0 spiro atoms. The minimum absolute atomic E-state index is 0.185. The molecular formula is C22H28ClN3O4S. The van der Waals surface area contributed by atoms with E-state index >= 15 is 0 Å². The van der Waals surface area contributed by atoms with Crippen LogP contribution in [0.1, 0.15) is 18.1 Å². The smallest absolute Gasteiger partial charge is 0.243 e. The lowest BCUT2D eigenvalue weighted by molar-refractivity contribution is -0.121. The molecule has 1 N–H and O–H groups in total. The third-order valence-corrected chi connectivity index (χ3v) is 7.92. The second-order valence-electron chi connectivity index (χ2n) is 7.72. The Morgan fingerprint density at radius 1 is 1.10 bits per heavy atom. The highest BCUT2D eigenvalue weighted by atomic mass is 35.5. The maximum absolute atomic E-state index is 12.9. The third kappa shape index (κ3) is 5.20. The first-order valence-corrected chi connectivity index (χ1v) is 11.9. The Labute approximate surface area is 189 Å². The number of hydrogen-bond donors (Lipinski definition) is 1. The molecule has 9 heteroatoms. The van der Waals surface area contributed by atoms with E-state index < -0.39 is 16.1 Å². The van der Waals surface area contributed by atoms with Crippen LogP contribution in [0.25, 0.3) is 0 Å². The van der Waals surface area contributed by atoms with Crippen molar-refractivity contribution in [3.05, 3.63) is 52.5 Å². The van der Waals surface area contributed by atoms with Gasteiger partial charge in [0, 0.05) is 37.3 Å². The molecule has 1 atom stereocenters. The molecule has 1 amide bonds. The van der Waals surface area contributed by atoms with E-state index in [1.807, 2.05) is 25.7 Å². The molecule has 0 aliphatic carbocycles. The average Bonchev–Trinajstić information content (AvgIpc) is 2.76. The summed E-state index contributed by atoms with van der Waals surface area (Å²) in [6, 6.07) is 9.88. The molecule has 1 fully saturated rings. The summed E-state index contributed by atoms with van der Waals surface area (Å²) in [5.74, 6) is 0.306. The van der Waals surface area contributed by atoms with E-state index in [-0.39, 0.29) is 5.91 Å². The normalized spacial score (nSPS) is 16.7. The van der Waals surface area contributed by atoms with Gasteiger partial charge in [0.1, 0.15) is 5.75 Å². The van der Waals surface area contributed by atoms with Gasteiger partial charge < -0.3 is 10.1 Å². The zero-order valence-corrected chi connectivity index (χ0v) is 19.8. The van der Waals surface area contributed by atoms with Crippen LogP contribution >= 0.6 is 11.6 Å². The second kappa shape index (κ2) is 9.56. The quantitative estimate of drug-likeness (QED) is 0.708. The van der Waals surface area contributed by atoms with Gasteiger partial charge in [-0.2, -0.15) is 4.31 Å². The summed E-state index contributed by atoms with van der Waals surface area (Å²) < 4.78 is 32.6. The molecule has 2 aromatic carbocycles. The summed E-state index contributed by atoms with van der Waals surface area (Å²) in [6.45, 7) is 7.19. The number of sulfonamides is 1. The van der Waals surface area contributed by atoms with Crippen LogP contribution in [0.5, 0.6) is 5.75 Å². The highest BCUT2D eigenvalue weighted by Crippen LogP contribution is 2.31. The molecule has 0 aromatic heterocycles. The van der Waals surface area contributed by atoms with Gasteiger partial charge in [-0.1, -0.05) is 29.3 Å².